The highest BCUT2D eigenvalue weighted by molar-refractivity contribution is 5.99. The molecule has 1 aliphatic rings. The number of rotatable bonds is 4. The molecule has 0 bridgehead atoms. The van der Waals surface area contributed by atoms with Crippen LogP contribution in [0.4, 0.5) is 11.4 Å². The molecule has 0 radical (unpaired) electrons. The van der Waals surface area contributed by atoms with Gasteiger partial charge in [-0.25, -0.2) is 0 Å². The standard InChI is InChI=1S/C13H19N3O/c14-10-5-6-12(11(7-10)13(15)17)16-8-9-3-1-2-4-9/h5-7,9,16H,1-4,8,14H2,(H2,15,17). The Morgan fingerprint density at radius 2 is 2.06 bits per heavy atom. The number of primary amides is 1. The molecule has 1 aliphatic carbocycles. The fraction of sp³-hybridized carbons (Fsp3) is 0.462. The molecule has 0 atom stereocenters. The Kier molecular flexibility index (Phi) is 3.52. The Morgan fingerprint density at radius 3 is 2.71 bits per heavy atom. The largest absolute Gasteiger partial charge is 0.399 e. The lowest BCUT2D eigenvalue weighted by Gasteiger charge is -2.14. The van der Waals surface area contributed by atoms with Crippen LogP contribution in [0.5, 0.6) is 0 Å². The minimum atomic E-state index is -0.439. The number of amides is 1. The fourth-order valence-corrected chi connectivity index (χ4v) is 2.39. The van der Waals surface area contributed by atoms with Crippen LogP contribution < -0.4 is 16.8 Å². The molecule has 0 aliphatic heterocycles. The van der Waals surface area contributed by atoms with E-state index in [1.165, 1.54) is 25.7 Å². The zero-order chi connectivity index (χ0) is 12.3. The lowest BCUT2D eigenvalue weighted by molar-refractivity contribution is 0.100. The number of hydrogen-bond acceptors (Lipinski definition) is 3. The SMILES string of the molecule is NC(=O)c1cc(N)ccc1NCC1CCCC1. The van der Waals surface area contributed by atoms with Crippen molar-refractivity contribution < 1.29 is 4.79 Å². The van der Waals surface area contributed by atoms with Gasteiger partial charge in [0.25, 0.3) is 5.91 Å². The molecule has 1 aromatic rings. The number of benzene rings is 1. The van der Waals surface area contributed by atoms with Gasteiger partial charge in [-0.3, -0.25) is 4.79 Å². The highest BCUT2D eigenvalue weighted by Gasteiger charge is 2.15. The van der Waals surface area contributed by atoms with E-state index in [-0.39, 0.29) is 0 Å². The molecule has 0 heterocycles. The number of nitrogens with one attached hydrogen (secondary N) is 1. The van der Waals surface area contributed by atoms with Gasteiger partial charge < -0.3 is 16.8 Å². The van der Waals surface area contributed by atoms with Gasteiger partial charge in [0.2, 0.25) is 0 Å². The zero-order valence-electron chi connectivity index (χ0n) is 9.91. The summed E-state index contributed by atoms with van der Waals surface area (Å²) >= 11 is 0. The summed E-state index contributed by atoms with van der Waals surface area (Å²) in [7, 11) is 0. The quantitative estimate of drug-likeness (QED) is 0.695. The monoisotopic (exact) mass is 233 g/mol. The van der Waals surface area contributed by atoms with Gasteiger partial charge in [-0.1, -0.05) is 12.8 Å². The van der Waals surface area contributed by atoms with Gasteiger partial charge in [-0.2, -0.15) is 0 Å². The number of nitrogen functional groups attached to an aromatic ring is 1. The number of hydrogen-bond donors (Lipinski definition) is 3. The van der Waals surface area contributed by atoms with Gasteiger partial charge in [0.15, 0.2) is 0 Å². The summed E-state index contributed by atoms with van der Waals surface area (Å²) in [4.78, 5) is 11.3. The molecule has 2 rings (SSSR count). The molecule has 1 amide bonds. The number of carbonyl (C=O) groups is 1. The first-order chi connectivity index (χ1) is 8.16. The van der Waals surface area contributed by atoms with E-state index in [0.717, 1.165) is 12.2 Å². The van der Waals surface area contributed by atoms with Crippen molar-refractivity contribution in [1.82, 2.24) is 0 Å². The highest BCUT2D eigenvalue weighted by atomic mass is 16.1. The van der Waals surface area contributed by atoms with Crippen molar-refractivity contribution in [3.8, 4) is 0 Å². The van der Waals surface area contributed by atoms with Gasteiger partial charge in [0, 0.05) is 17.9 Å². The first kappa shape index (κ1) is 11.8. The minimum absolute atomic E-state index is 0.439. The molecule has 17 heavy (non-hydrogen) atoms. The summed E-state index contributed by atoms with van der Waals surface area (Å²) in [6.07, 6.45) is 5.18. The predicted molar refractivity (Wildman–Crippen MR) is 69.8 cm³/mol. The molecule has 1 fully saturated rings. The summed E-state index contributed by atoms with van der Waals surface area (Å²) < 4.78 is 0. The summed E-state index contributed by atoms with van der Waals surface area (Å²) in [5.41, 5.74) is 12.8. The smallest absolute Gasteiger partial charge is 0.250 e. The molecular weight excluding hydrogens is 214 g/mol. The Balaban J connectivity index is 2.06. The van der Waals surface area contributed by atoms with Gasteiger partial charge in [-0.15, -0.1) is 0 Å². The first-order valence-electron chi connectivity index (χ1n) is 6.10. The normalized spacial score (nSPS) is 16.0. The van der Waals surface area contributed by atoms with E-state index in [0.29, 0.717) is 17.2 Å². The van der Waals surface area contributed by atoms with Gasteiger partial charge in [0.1, 0.15) is 0 Å². The van der Waals surface area contributed by atoms with Gasteiger partial charge in [-0.05, 0) is 37.0 Å². The number of carbonyl (C=O) groups excluding carboxylic acids is 1. The maximum Gasteiger partial charge on any atom is 0.250 e. The van der Waals surface area contributed by atoms with Crippen LogP contribution in [0.3, 0.4) is 0 Å². The van der Waals surface area contributed by atoms with Crippen LogP contribution in [0, 0.1) is 5.92 Å². The van der Waals surface area contributed by atoms with Crippen LogP contribution in [0.25, 0.3) is 0 Å². The summed E-state index contributed by atoms with van der Waals surface area (Å²) in [6, 6.07) is 5.23. The van der Waals surface area contributed by atoms with Gasteiger partial charge in [0.05, 0.1) is 5.56 Å². The second-order valence-corrected chi connectivity index (χ2v) is 4.70. The fourth-order valence-electron chi connectivity index (χ4n) is 2.39. The average Bonchev–Trinajstić information content (AvgIpc) is 2.80. The van der Waals surface area contributed by atoms with Crippen molar-refractivity contribution in [3.05, 3.63) is 23.8 Å². The zero-order valence-corrected chi connectivity index (χ0v) is 9.91. The maximum atomic E-state index is 11.3. The molecule has 92 valence electrons. The Hall–Kier alpha value is -1.71. The average molecular weight is 233 g/mol. The maximum absolute atomic E-state index is 11.3. The van der Waals surface area contributed by atoms with Crippen molar-refractivity contribution in [2.24, 2.45) is 11.7 Å². The molecule has 1 saturated carbocycles. The minimum Gasteiger partial charge on any atom is -0.399 e. The highest BCUT2D eigenvalue weighted by Crippen LogP contribution is 2.26. The molecule has 4 nitrogen and oxygen atoms in total. The molecule has 0 spiro atoms. The molecule has 0 unspecified atom stereocenters. The van der Waals surface area contributed by atoms with Crippen molar-refractivity contribution >= 4 is 17.3 Å². The molecular formula is C13H19N3O. The number of nitrogens with two attached hydrogens (primary N) is 2. The van der Waals surface area contributed by atoms with Crippen LogP contribution in [-0.2, 0) is 0 Å². The molecule has 0 saturated heterocycles. The van der Waals surface area contributed by atoms with E-state index in [4.69, 9.17) is 11.5 Å². The van der Waals surface area contributed by atoms with Crippen molar-refractivity contribution in [3.63, 3.8) is 0 Å². The topological polar surface area (TPSA) is 81.1 Å². The Labute approximate surface area is 101 Å². The Morgan fingerprint density at radius 1 is 1.35 bits per heavy atom. The summed E-state index contributed by atoms with van der Waals surface area (Å²) in [5.74, 6) is 0.277. The summed E-state index contributed by atoms with van der Waals surface area (Å²) in [6.45, 7) is 0.907. The molecule has 1 aromatic carbocycles. The first-order valence-corrected chi connectivity index (χ1v) is 6.10. The third-order valence-corrected chi connectivity index (χ3v) is 3.37. The van der Waals surface area contributed by atoms with Gasteiger partial charge >= 0.3 is 0 Å². The predicted octanol–water partition coefficient (Wildman–Crippen LogP) is 1.97. The van der Waals surface area contributed by atoms with E-state index in [2.05, 4.69) is 5.32 Å². The van der Waals surface area contributed by atoms with Crippen molar-refractivity contribution in [2.75, 3.05) is 17.6 Å². The molecule has 5 N–H and O–H groups in total. The lowest BCUT2D eigenvalue weighted by Crippen LogP contribution is -2.17. The van der Waals surface area contributed by atoms with E-state index in [1.54, 1.807) is 12.1 Å². The van der Waals surface area contributed by atoms with Crippen LogP contribution in [0.15, 0.2) is 18.2 Å². The second kappa shape index (κ2) is 5.08. The van der Waals surface area contributed by atoms with Crippen LogP contribution in [-0.4, -0.2) is 12.5 Å². The third-order valence-electron chi connectivity index (χ3n) is 3.37. The van der Waals surface area contributed by atoms with E-state index >= 15 is 0 Å². The van der Waals surface area contributed by atoms with Crippen LogP contribution >= 0.6 is 0 Å². The molecule has 4 heteroatoms. The van der Waals surface area contributed by atoms with E-state index < -0.39 is 5.91 Å². The second-order valence-electron chi connectivity index (χ2n) is 4.70. The third kappa shape index (κ3) is 2.90. The van der Waals surface area contributed by atoms with Crippen LogP contribution in [0.2, 0.25) is 0 Å². The number of anilines is 2. The lowest BCUT2D eigenvalue weighted by atomic mass is 10.1. The van der Waals surface area contributed by atoms with Crippen molar-refractivity contribution in [1.29, 1.82) is 0 Å². The van der Waals surface area contributed by atoms with E-state index in [9.17, 15) is 4.79 Å². The van der Waals surface area contributed by atoms with Crippen LogP contribution in [0.1, 0.15) is 36.0 Å². The Bertz CT molecular complexity index is 411. The summed E-state index contributed by atoms with van der Waals surface area (Å²) in [5, 5.41) is 3.31. The molecule has 0 aromatic heterocycles. The van der Waals surface area contributed by atoms with Crippen molar-refractivity contribution in [2.45, 2.75) is 25.7 Å². The van der Waals surface area contributed by atoms with E-state index in [1.807, 2.05) is 6.07 Å².